The lowest BCUT2D eigenvalue weighted by atomic mass is 9.79. The van der Waals surface area contributed by atoms with Gasteiger partial charge in [0.1, 0.15) is 11.4 Å². The first-order valence-corrected chi connectivity index (χ1v) is 10.9. The molecule has 168 valence electrons. The van der Waals surface area contributed by atoms with Gasteiger partial charge < -0.3 is 15.3 Å². The average Bonchev–Trinajstić information content (AvgIpc) is 2.72. The number of phenolic OH excluding ortho intramolecular Hbond substituents is 1. The van der Waals surface area contributed by atoms with Crippen LogP contribution in [0.15, 0.2) is 36.8 Å². The van der Waals surface area contributed by atoms with Crippen LogP contribution < -0.4 is 10.2 Å². The number of rotatable bonds is 4. The van der Waals surface area contributed by atoms with Gasteiger partial charge in [-0.25, -0.2) is 15.0 Å². The quantitative estimate of drug-likeness (QED) is 0.642. The van der Waals surface area contributed by atoms with Gasteiger partial charge in [-0.05, 0) is 65.2 Å². The summed E-state index contributed by atoms with van der Waals surface area (Å²) in [5, 5.41) is 23.0. The maximum atomic E-state index is 10.6. The van der Waals surface area contributed by atoms with Crippen molar-refractivity contribution in [2.75, 3.05) is 11.9 Å². The lowest BCUT2D eigenvalue weighted by molar-refractivity contribution is 0.160. The standard InChI is InChI=1S/C24H31N7O/c1-15-12-25-21(26-13-15)16-7-8-18(20(32)9-16)19-14-27-22(29-28-19)31(6)17-10-23(2,3)30-24(4,5)11-17/h7-9,12-14,17,30,32H,10-11H2,1-6H3. The van der Waals surface area contributed by atoms with Crippen molar-refractivity contribution in [3.8, 4) is 28.4 Å². The van der Waals surface area contributed by atoms with Gasteiger partial charge in [0, 0.05) is 47.7 Å². The smallest absolute Gasteiger partial charge is 0.245 e. The van der Waals surface area contributed by atoms with Gasteiger partial charge >= 0.3 is 0 Å². The van der Waals surface area contributed by atoms with E-state index in [0.717, 1.165) is 24.0 Å². The number of hydrogen-bond donors (Lipinski definition) is 2. The Balaban J connectivity index is 1.54. The van der Waals surface area contributed by atoms with Crippen molar-refractivity contribution < 1.29 is 5.11 Å². The Morgan fingerprint density at radius 3 is 2.19 bits per heavy atom. The average molecular weight is 434 g/mol. The first-order valence-electron chi connectivity index (χ1n) is 10.9. The third-order valence-corrected chi connectivity index (χ3v) is 5.89. The van der Waals surface area contributed by atoms with Gasteiger partial charge in [-0.3, -0.25) is 0 Å². The molecule has 0 saturated carbocycles. The molecular formula is C24H31N7O. The first-order chi connectivity index (χ1) is 15.0. The van der Waals surface area contributed by atoms with E-state index in [1.165, 1.54) is 0 Å². The molecule has 1 saturated heterocycles. The van der Waals surface area contributed by atoms with Crippen LogP contribution in [0, 0.1) is 6.92 Å². The summed E-state index contributed by atoms with van der Waals surface area (Å²) in [6.45, 7) is 10.8. The molecule has 0 bridgehead atoms. The molecule has 4 rings (SSSR count). The molecule has 1 aromatic carbocycles. The van der Waals surface area contributed by atoms with Crippen molar-refractivity contribution in [2.24, 2.45) is 0 Å². The van der Waals surface area contributed by atoms with Crippen LogP contribution in [-0.2, 0) is 0 Å². The number of aromatic nitrogens is 5. The molecule has 0 unspecified atom stereocenters. The van der Waals surface area contributed by atoms with Crippen LogP contribution in [0.2, 0.25) is 0 Å². The number of aryl methyl sites for hydroxylation is 1. The predicted molar refractivity (Wildman–Crippen MR) is 125 cm³/mol. The summed E-state index contributed by atoms with van der Waals surface area (Å²) in [6.07, 6.45) is 7.14. The maximum Gasteiger partial charge on any atom is 0.245 e. The fourth-order valence-corrected chi connectivity index (χ4v) is 4.69. The zero-order valence-corrected chi connectivity index (χ0v) is 19.6. The highest BCUT2D eigenvalue weighted by Gasteiger charge is 2.39. The highest BCUT2D eigenvalue weighted by Crippen LogP contribution is 2.33. The van der Waals surface area contributed by atoms with Gasteiger partial charge in [-0.2, -0.15) is 0 Å². The minimum Gasteiger partial charge on any atom is -0.507 e. The van der Waals surface area contributed by atoms with E-state index in [9.17, 15) is 5.11 Å². The van der Waals surface area contributed by atoms with E-state index >= 15 is 0 Å². The molecule has 1 aliphatic rings. The fraction of sp³-hybridized carbons (Fsp3) is 0.458. The van der Waals surface area contributed by atoms with E-state index in [4.69, 9.17) is 0 Å². The van der Waals surface area contributed by atoms with Crippen LogP contribution in [0.4, 0.5) is 5.95 Å². The third kappa shape index (κ3) is 4.70. The number of anilines is 1. The number of piperidine rings is 1. The van der Waals surface area contributed by atoms with E-state index in [-0.39, 0.29) is 16.8 Å². The molecule has 0 spiro atoms. The molecule has 0 aliphatic carbocycles. The summed E-state index contributed by atoms with van der Waals surface area (Å²) in [6, 6.07) is 5.60. The van der Waals surface area contributed by atoms with E-state index in [1.807, 2.05) is 20.0 Å². The zero-order valence-electron chi connectivity index (χ0n) is 19.6. The number of phenols is 1. The number of nitrogens with zero attached hydrogens (tertiary/aromatic N) is 6. The maximum absolute atomic E-state index is 10.6. The van der Waals surface area contributed by atoms with Crippen molar-refractivity contribution in [2.45, 2.75) is 64.6 Å². The van der Waals surface area contributed by atoms with Crippen molar-refractivity contribution >= 4 is 5.95 Å². The van der Waals surface area contributed by atoms with Gasteiger partial charge in [0.05, 0.1) is 6.20 Å². The van der Waals surface area contributed by atoms with E-state index in [1.54, 1.807) is 30.7 Å². The second kappa shape index (κ2) is 8.09. The van der Waals surface area contributed by atoms with Crippen LogP contribution in [0.3, 0.4) is 0 Å². The van der Waals surface area contributed by atoms with E-state index in [0.29, 0.717) is 29.1 Å². The SMILES string of the molecule is Cc1cnc(-c2ccc(-c3cnc(N(C)C4CC(C)(C)NC(C)(C)C4)nn3)c(O)c2)nc1. The molecule has 1 fully saturated rings. The molecule has 8 nitrogen and oxygen atoms in total. The molecule has 32 heavy (non-hydrogen) atoms. The highest BCUT2D eigenvalue weighted by atomic mass is 16.3. The molecule has 0 atom stereocenters. The molecule has 3 aromatic rings. The van der Waals surface area contributed by atoms with E-state index in [2.05, 4.69) is 63.1 Å². The minimum absolute atomic E-state index is 0.0305. The second-order valence-electron chi connectivity index (χ2n) is 10.0. The van der Waals surface area contributed by atoms with Gasteiger partial charge in [0.2, 0.25) is 5.95 Å². The second-order valence-corrected chi connectivity index (χ2v) is 10.0. The summed E-state index contributed by atoms with van der Waals surface area (Å²) in [4.78, 5) is 15.3. The van der Waals surface area contributed by atoms with Gasteiger partial charge in [-0.1, -0.05) is 6.07 Å². The highest BCUT2D eigenvalue weighted by molar-refractivity contribution is 5.71. The van der Waals surface area contributed by atoms with Gasteiger partial charge in [0.25, 0.3) is 0 Å². The Labute approximate surface area is 189 Å². The number of nitrogens with one attached hydrogen (secondary N) is 1. The topological polar surface area (TPSA) is 100.0 Å². The molecule has 2 N–H and O–H groups in total. The number of hydrogen-bond acceptors (Lipinski definition) is 8. The largest absolute Gasteiger partial charge is 0.507 e. The Kier molecular flexibility index (Phi) is 5.58. The predicted octanol–water partition coefficient (Wildman–Crippen LogP) is 3.76. The summed E-state index contributed by atoms with van der Waals surface area (Å²) in [5.74, 6) is 1.23. The molecule has 0 radical (unpaired) electrons. The van der Waals surface area contributed by atoms with Crippen molar-refractivity contribution in [1.82, 2.24) is 30.5 Å². The Morgan fingerprint density at radius 2 is 1.62 bits per heavy atom. The van der Waals surface area contributed by atoms with Crippen LogP contribution in [0.25, 0.3) is 22.6 Å². The zero-order chi connectivity index (χ0) is 23.1. The normalized spacial score (nSPS) is 17.8. The molecule has 3 heterocycles. The molecule has 1 aliphatic heterocycles. The number of aromatic hydroxyl groups is 1. The monoisotopic (exact) mass is 433 g/mol. The summed E-state index contributed by atoms with van der Waals surface area (Å²) in [7, 11) is 2.02. The van der Waals surface area contributed by atoms with Crippen LogP contribution in [0.5, 0.6) is 5.75 Å². The summed E-state index contributed by atoms with van der Waals surface area (Å²) >= 11 is 0. The lowest BCUT2D eigenvalue weighted by Crippen LogP contribution is -2.62. The lowest BCUT2D eigenvalue weighted by Gasteiger charge is -2.48. The summed E-state index contributed by atoms with van der Waals surface area (Å²) in [5.41, 5.74) is 2.87. The fourth-order valence-electron chi connectivity index (χ4n) is 4.69. The van der Waals surface area contributed by atoms with Crippen molar-refractivity contribution in [3.05, 3.63) is 42.4 Å². The molecule has 0 amide bonds. The third-order valence-electron chi connectivity index (χ3n) is 5.89. The molecule has 8 heteroatoms. The van der Waals surface area contributed by atoms with Crippen molar-refractivity contribution in [1.29, 1.82) is 0 Å². The van der Waals surface area contributed by atoms with Crippen LogP contribution >= 0.6 is 0 Å². The first kappa shape index (κ1) is 22.1. The van der Waals surface area contributed by atoms with E-state index < -0.39 is 0 Å². The Morgan fingerprint density at radius 1 is 0.969 bits per heavy atom. The van der Waals surface area contributed by atoms with Gasteiger partial charge in [-0.15, -0.1) is 10.2 Å². The number of benzene rings is 1. The van der Waals surface area contributed by atoms with Crippen LogP contribution in [-0.4, -0.2) is 54.4 Å². The Bertz CT molecular complexity index is 1080. The van der Waals surface area contributed by atoms with Gasteiger partial charge in [0.15, 0.2) is 5.82 Å². The molecule has 2 aromatic heterocycles. The Hall–Kier alpha value is -3.13. The summed E-state index contributed by atoms with van der Waals surface area (Å²) < 4.78 is 0. The molecular weight excluding hydrogens is 402 g/mol. The van der Waals surface area contributed by atoms with Crippen LogP contribution in [0.1, 0.15) is 46.1 Å². The minimum atomic E-state index is 0.0305. The van der Waals surface area contributed by atoms with Crippen molar-refractivity contribution in [3.63, 3.8) is 0 Å².